The number of rotatable bonds is 5. The van der Waals surface area contributed by atoms with Gasteiger partial charge in [0.2, 0.25) is 11.8 Å². The molecule has 0 atom stereocenters. The molecule has 3 fully saturated rings. The predicted octanol–water partition coefficient (Wildman–Crippen LogP) is 1.99. The Kier molecular flexibility index (Phi) is 6.90. The molecule has 0 spiro atoms. The number of benzene rings is 1. The molecule has 2 saturated carbocycles. The molecule has 2 heterocycles. The van der Waals surface area contributed by atoms with Crippen LogP contribution in [0.2, 0.25) is 0 Å². The molecule has 0 unspecified atom stereocenters. The standard InChI is InChI=1S/C27H36N4O5/c1-28-23-11-10-21(36-2)16-22(23)26(34)31(27(28)35)17-18-6-8-20(9-7-18)25(33)30-14-12-29(13-15-30)24(32)19-4-3-5-19/h10-11,16,18-20H,3-9,12-15,17H2,1-2H3. The molecule has 9 nitrogen and oxygen atoms in total. The number of ether oxygens (including phenoxy) is 1. The second-order valence-electron chi connectivity index (χ2n) is 10.6. The van der Waals surface area contributed by atoms with Gasteiger partial charge < -0.3 is 14.5 Å². The molecule has 2 aromatic rings. The number of carbonyl (C=O) groups is 2. The fraction of sp³-hybridized carbons (Fsp3) is 0.630. The number of fused-ring (bicyclic) bond motifs is 1. The summed E-state index contributed by atoms with van der Waals surface area (Å²) >= 11 is 0. The Bertz CT molecular complexity index is 1260. The molecule has 9 heteroatoms. The van der Waals surface area contributed by atoms with Crippen molar-refractivity contribution in [3.05, 3.63) is 39.0 Å². The molecular weight excluding hydrogens is 460 g/mol. The van der Waals surface area contributed by atoms with E-state index in [4.69, 9.17) is 4.74 Å². The van der Waals surface area contributed by atoms with Crippen LogP contribution in [0.5, 0.6) is 5.75 Å². The molecule has 0 bridgehead atoms. The minimum absolute atomic E-state index is 0.0180. The van der Waals surface area contributed by atoms with Crippen LogP contribution in [0.1, 0.15) is 44.9 Å². The van der Waals surface area contributed by atoms with Gasteiger partial charge in [-0.15, -0.1) is 0 Å². The molecule has 1 saturated heterocycles. The molecule has 1 aromatic heterocycles. The predicted molar refractivity (Wildman–Crippen MR) is 136 cm³/mol. The Labute approximate surface area is 210 Å². The minimum atomic E-state index is -0.315. The lowest BCUT2D eigenvalue weighted by atomic mass is 9.81. The zero-order valence-electron chi connectivity index (χ0n) is 21.3. The van der Waals surface area contributed by atoms with E-state index in [0.717, 1.165) is 44.9 Å². The summed E-state index contributed by atoms with van der Waals surface area (Å²) in [6.45, 7) is 2.86. The van der Waals surface area contributed by atoms with Gasteiger partial charge in [-0.2, -0.15) is 0 Å². The molecule has 194 valence electrons. The van der Waals surface area contributed by atoms with Crippen molar-refractivity contribution in [2.45, 2.75) is 51.5 Å². The molecular formula is C27H36N4O5. The van der Waals surface area contributed by atoms with Gasteiger partial charge >= 0.3 is 5.69 Å². The van der Waals surface area contributed by atoms with E-state index in [2.05, 4.69) is 0 Å². The van der Waals surface area contributed by atoms with Crippen molar-refractivity contribution in [3.63, 3.8) is 0 Å². The van der Waals surface area contributed by atoms with E-state index < -0.39 is 0 Å². The Morgan fingerprint density at radius 3 is 2.00 bits per heavy atom. The van der Waals surface area contributed by atoms with E-state index >= 15 is 0 Å². The topological polar surface area (TPSA) is 93.8 Å². The molecule has 2 amide bonds. The van der Waals surface area contributed by atoms with Crippen LogP contribution in [0.15, 0.2) is 27.8 Å². The first-order valence-electron chi connectivity index (χ1n) is 13.2. The summed E-state index contributed by atoms with van der Waals surface area (Å²) in [5, 5.41) is 0.468. The van der Waals surface area contributed by atoms with Gasteiger partial charge in [-0.25, -0.2) is 4.79 Å². The van der Waals surface area contributed by atoms with Crippen molar-refractivity contribution < 1.29 is 14.3 Å². The second kappa shape index (κ2) is 10.1. The zero-order chi connectivity index (χ0) is 25.4. The summed E-state index contributed by atoms with van der Waals surface area (Å²) < 4.78 is 8.12. The summed E-state index contributed by atoms with van der Waals surface area (Å²) in [5.74, 6) is 1.40. The van der Waals surface area contributed by atoms with Crippen LogP contribution in [-0.2, 0) is 23.2 Å². The number of methoxy groups -OCH3 is 1. The van der Waals surface area contributed by atoms with Crippen LogP contribution in [0, 0.1) is 17.8 Å². The summed E-state index contributed by atoms with van der Waals surface area (Å²) in [5.41, 5.74) is -0.0180. The number of hydrogen-bond donors (Lipinski definition) is 0. The van der Waals surface area contributed by atoms with Crippen molar-refractivity contribution in [1.29, 1.82) is 0 Å². The third-order valence-electron chi connectivity index (χ3n) is 8.55. The molecule has 36 heavy (non-hydrogen) atoms. The first kappa shape index (κ1) is 24.6. The molecule has 1 aromatic carbocycles. The average Bonchev–Trinajstić information content (AvgIpc) is 2.88. The highest BCUT2D eigenvalue weighted by atomic mass is 16.5. The molecule has 0 radical (unpaired) electrons. The van der Waals surface area contributed by atoms with Gasteiger partial charge in [-0.3, -0.25) is 23.5 Å². The van der Waals surface area contributed by atoms with Crippen LogP contribution in [0.3, 0.4) is 0 Å². The Hall–Kier alpha value is -3.10. The fourth-order valence-electron chi connectivity index (χ4n) is 5.95. The number of carbonyl (C=O) groups excluding carboxylic acids is 2. The van der Waals surface area contributed by atoms with Gasteiger partial charge in [0, 0.05) is 51.6 Å². The van der Waals surface area contributed by atoms with Crippen LogP contribution in [0.4, 0.5) is 0 Å². The maximum Gasteiger partial charge on any atom is 0.331 e. The highest BCUT2D eigenvalue weighted by Gasteiger charge is 2.35. The van der Waals surface area contributed by atoms with Crippen molar-refractivity contribution in [3.8, 4) is 5.75 Å². The molecule has 2 aliphatic carbocycles. The average molecular weight is 497 g/mol. The Morgan fingerprint density at radius 1 is 0.889 bits per heavy atom. The summed E-state index contributed by atoms with van der Waals surface area (Å²) in [6.07, 6.45) is 6.31. The van der Waals surface area contributed by atoms with Gasteiger partial charge in [-0.05, 0) is 62.6 Å². The molecule has 0 N–H and O–H groups in total. The number of piperazine rings is 1. The lowest BCUT2D eigenvalue weighted by Gasteiger charge is -2.40. The van der Waals surface area contributed by atoms with E-state index in [1.807, 2.05) is 9.80 Å². The molecule has 3 aliphatic rings. The summed E-state index contributed by atoms with van der Waals surface area (Å²) in [7, 11) is 3.23. The summed E-state index contributed by atoms with van der Waals surface area (Å²) in [4.78, 5) is 55.6. The smallest absolute Gasteiger partial charge is 0.331 e. The minimum Gasteiger partial charge on any atom is -0.497 e. The largest absolute Gasteiger partial charge is 0.497 e. The SMILES string of the molecule is COc1ccc2c(c1)c(=O)n(CC1CCC(C(=O)N3CCN(C(=O)C4CCC4)CC3)CC1)c(=O)n2C. The first-order chi connectivity index (χ1) is 17.4. The normalized spacial score (nSPS) is 22.9. The van der Waals surface area contributed by atoms with Crippen molar-refractivity contribution in [1.82, 2.24) is 18.9 Å². The van der Waals surface area contributed by atoms with Crippen LogP contribution in [0.25, 0.3) is 10.9 Å². The van der Waals surface area contributed by atoms with E-state index in [1.54, 1.807) is 32.4 Å². The van der Waals surface area contributed by atoms with Crippen LogP contribution >= 0.6 is 0 Å². The third-order valence-corrected chi connectivity index (χ3v) is 8.55. The molecule has 5 rings (SSSR count). The van der Waals surface area contributed by atoms with Gasteiger partial charge in [0.05, 0.1) is 18.0 Å². The lowest BCUT2D eigenvalue weighted by Crippen LogP contribution is -2.53. The number of amides is 2. The van der Waals surface area contributed by atoms with E-state index in [0.29, 0.717) is 49.4 Å². The fourth-order valence-corrected chi connectivity index (χ4v) is 5.95. The highest BCUT2D eigenvalue weighted by Crippen LogP contribution is 2.32. The van der Waals surface area contributed by atoms with E-state index in [9.17, 15) is 19.2 Å². The maximum absolute atomic E-state index is 13.2. The van der Waals surface area contributed by atoms with Crippen molar-refractivity contribution in [2.24, 2.45) is 24.8 Å². The monoisotopic (exact) mass is 496 g/mol. The van der Waals surface area contributed by atoms with Crippen molar-refractivity contribution in [2.75, 3.05) is 33.3 Å². The Morgan fingerprint density at radius 2 is 1.47 bits per heavy atom. The van der Waals surface area contributed by atoms with Gasteiger partial charge in [0.15, 0.2) is 0 Å². The summed E-state index contributed by atoms with van der Waals surface area (Å²) in [6, 6.07) is 5.17. The second-order valence-corrected chi connectivity index (χ2v) is 10.6. The number of nitrogens with zero attached hydrogens (tertiary/aromatic N) is 4. The highest BCUT2D eigenvalue weighted by molar-refractivity contribution is 5.81. The van der Waals surface area contributed by atoms with Gasteiger partial charge in [0.1, 0.15) is 5.75 Å². The van der Waals surface area contributed by atoms with Crippen LogP contribution in [-0.4, -0.2) is 64.0 Å². The quantitative estimate of drug-likeness (QED) is 0.631. The third kappa shape index (κ3) is 4.55. The maximum atomic E-state index is 13.2. The number of hydrogen-bond acceptors (Lipinski definition) is 5. The van der Waals surface area contributed by atoms with E-state index in [-0.39, 0.29) is 40.8 Å². The Balaban J connectivity index is 1.19. The lowest BCUT2D eigenvalue weighted by molar-refractivity contribution is -0.146. The van der Waals surface area contributed by atoms with Crippen LogP contribution < -0.4 is 16.0 Å². The number of aromatic nitrogens is 2. The van der Waals surface area contributed by atoms with Gasteiger partial charge in [0.25, 0.3) is 5.56 Å². The van der Waals surface area contributed by atoms with Crippen molar-refractivity contribution >= 4 is 22.7 Å². The number of aryl methyl sites for hydroxylation is 1. The molecule has 1 aliphatic heterocycles. The zero-order valence-corrected chi connectivity index (χ0v) is 21.3. The first-order valence-corrected chi connectivity index (χ1v) is 13.2. The van der Waals surface area contributed by atoms with Gasteiger partial charge in [-0.1, -0.05) is 6.42 Å². The van der Waals surface area contributed by atoms with E-state index in [1.165, 1.54) is 9.13 Å².